The Balaban J connectivity index is 1.37. The van der Waals surface area contributed by atoms with Crippen LogP contribution in [0.4, 0.5) is 4.39 Å². The number of fused-ring (bicyclic) bond motifs is 1. The Morgan fingerprint density at radius 3 is 2.27 bits per heavy atom. The summed E-state index contributed by atoms with van der Waals surface area (Å²) in [5.41, 5.74) is 4.96. The number of hydrogen-bond acceptors (Lipinski definition) is 0. The molecule has 0 nitrogen and oxygen atoms in total. The zero-order valence-electron chi connectivity index (χ0n) is 18.3. The van der Waals surface area contributed by atoms with Crippen molar-refractivity contribution in [3.63, 3.8) is 0 Å². The van der Waals surface area contributed by atoms with Crippen molar-refractivity contribution in [3.8, 4) is 0 Å². The molecule has 1 saturated carbocycles. The molecule has 0 spiro atoms. The quantitative estimate of drug-likeness (QED) is 0.366. The summed E-state index contributed by atoms with van der Waals surface area (Å²) in [6.45, 7) is 4.13. The Labute approximate surface area is 180 Å². The highest BCUT2D eigenvalue weighted by molar-refractivity contribution is 5.84. The Hall–Kier alpha value is -2.41. The van der Waals surface area contributed by atoms with Gasteiger partial charge in [-0.2, -0.15) is 0 Å². The molecule has 1 heteroatoms. The molecule has 0 heterocycles. The molecule has 0 atom stereocenters. The predicted molar refractivity (Wildman–Crippen MR) is 127 cm³/mol. The molecule has 1 aliphatic carbocycles. The van der Waals surface area contributed by atoms with Crippen LogP contribution in [0.2, 0.25) is 0 Å². The van der Waals surface area contributed by atoms with Gasteiger partial charge in [0, 0.05) is 5.39 Å². The van der Waals surface area contributed by atoms with Gasteiger partial charge in [0.05, 0.1) is 0 Å². The molecule has 0 saturated heterocycles. The fourth-order valence-corrected chi connectivity index (χ4v) is 4.98. The zero-order chi connectivity index (χ0) is 20.9. The maximum absolute atomic E-state index is 14.5. The molecule has 3 aromatic carbocycles. The van der Waals surface area contributed by atoms with Gasteiger partial charge in [-0.15, -0.1) is 0 Å². The molecule has 3 aromatic rings. The lowest BCUT2D eigenvalue weighted by Crippen LogP contribution is -2.11. The molecule has 1 fully saturated rings. The second-order valence-electron chi connectivity index (χ2n) is 8.83. The smallest absolute Gasteiger partial charge is 0.134 e. The third-order valence-corrected chi connectivity index (χ3v) is 6.87. The first-order valence-corrected chi connectivity index (χ1v) is 11.6. The van der Waals surface area contributed by atoms with Gasteiger partial charge >= 0.3 is 0 Å². The summed E-state index contributed by atoms with van der Waals surface area (Å²) in [5.74, 6) is 1.45. The molecular formula is C29H33F. The van der Waals surface area contributed by atoms with E-state index in [0.29, 0.717) is 0 Å². The fraction of sp³-hybridized carbons (Fsp3) is 0.379. The van der Waals surface area contributed by atoms with E-state index in [1.54, 1.807) is 0 Å². The summed E-state index contributed by atoms with van der Waals surface area (Å²) in [5, 5.41) is 1.75. The van der Waals surface area contributed by atoms with Gasteiger partial charge in [-0.25, -0.2) is 4.39 Å². The van der Waals surface area contributed by atoms with Gasteiger partial charge in [-0.05, 0) is 91.3 Å². The summed E-state index contributed by atoms with van der Waals surface area (Å²) in [4.78, 5) is 0. The van der Waals surface area contributed by atoms with Crippen LogP contribution in [0.5, 0.6) is 0 Å². The number of halogens is 1. The Morgan fingerprint density at radius 1 is 0.867 bits per heavy atom. The van der Waals surface area contributed by atoms with Gasteiger partial charge in [0.1, 0.15) is 5.82 Å². The van der Waals surface area contributed by atoms with Crippen molar-refractivity contribution in [1.29, 1.82) is 0 Å². The summed E-state index contributed by atoms with van der Waals surface area (Å²) in [6, 6.07) is 19.5. The van der Waals surface area contributed by atoms with E-state index in [4.69, 9.17) is 0 Å². The minimum absolute atomic E-state index is 0.0584. The van der Waals surface area contributed by atoms with Crippen molar-refractivity contribution in [3.05, 3.63) is 94.8 Å². The van der Waals surface area contributed by atoms with Gasteiger partial charge in [0.2, 0.25) is 0 Å². The first-order chi connectivity index (χ1) is 14.7. The predicted octanol–water partition coefficient (Wildman–Crippen LogP) is 8.18. The summed E-state index contributed by atoms with van der Waals surface area (Å²) in [6.07, 6.45) is 12.6. The third-order valence-electron chi connectivity index (χ3n) is 6.87. The fourth-order valence-electron chi connectivity index (χ4n) is 4.98. The highest BCUT2D eigenvalue weighted by atomic mass is 19.1. The van der Waals surface area contributed by atoms with Crippen LogP contribution in [0.15, 0.2) is 66.7 Å². The molecule has 156 valence electrons. The van der Waals surface area contributed by atoms with E-state index in [1.807, 2.05) is 19.1 Å². The Bertz CT molecular complexity index is 1000. The first kappa shape index (κ1) is 20.8. The van der Waals surface area contributed by atoms with Gasteiger partial charge < -0.3 is 0 Å². The van der Waals surface area contributed by atoms with Crippen molar-refractivity contribution < 1.29 is 4.39 Å². The lowest BCUT2D eigenvalue weighted by atomic mass is 9.78. The average Bonchev–Trinajstić information content (AvgIpc) is 2.79. The van der Waals surface area contributed by atoms with E-state index in [9.17, 15) is 4.39 Å². The van der Waals surface area contributed by atoms with Crippen molar-refractivity contribution >= 4 is 10.8 Å². The van der Waals surface area contributed by atoms with Crippen molar-refractivity contribution in [2.75, 3.05) is 0 Å². The number of benzene rings is 3. The molecule has 0 aliphatic heterocycles. The molecule has 0 aromatic heterocycles. The molecule has 4 rings (SSSR count). The van der Waals surface area contributed by atoms with Crippen LogP contribution in [0.3, 0.4) is 0 Å². The maximum Gasteiger partial charge on any atom is 0.134 e. The summed E-state index contributed by atoms with van der Waals surface area (Å²) < 4.78 is 14.5. The van der Waals surface area contributed by atoms with E-state index >= 15 is 0 Å². The second kappa shape index (κ2) is 9.60. The first-order valence-electron chi connectivity index (χ1n) is 11.6. The lowest BCUT2D eigenvalue weighted by molar-refractivity contribution is 0.375. The standard InChI is InChI=1S/C29H33F/c1-3-5-21-8-13-25(14-9-21)26-15-10-22(11-16-26)6-7-23-12-19-28-27(20-23)18-17-24(4-2)29(28)30/h3,5,10-12,15-21,25H,4,6-9,13-14H2,1-2H3/b5-3+. The molecule has 0 N–H and O–H groups in total. The SMILES string of the molecule is C/C=C/C1CCC(c2ccc(CCc3ccc4c(F)c(CC)ccc4c3)cc2)CC1. The lowest BCUT2D eigenvalue weighted by Gasteiger charge is -2.27. The van der Waals surface area contributed by atoms with Crippen LogP contribution in [-0.4, -0.2) is 0 Å². The largest absolute Gasteiger partial charge is 0.206 e. The number of aryl methyl sites for hydroxylation is 3. The molecule has 0 bridgehead atoms. The van der Waals surface area contributed by atoms with E-state index in [0.717, 1.165) is 47.4 Å². The van der Waals surface area contributed by atoms with Gasteiger partial charge in [0.15, 0.2) is 0 Å². The van der Waals surface area contributed by atoms with Crippen molar-refractivity contribution in [1.82, 2.24) is 0 Å². The minimum Gasteiger partial charge on any atom is -0.206 e. The normalized spacial score (nSPS) is 19.6. The van der Waals surface area contributed by atoms with Crippen LogP contribution in [0.25, 0.3) is 10.8 Å². The molecule has 30 heavy (non-hydrogen) atoms. The number of rotatable bonds is 6. The minimum atomic E-state index is -0.0584. The van der Waals surface area contributed by atoms with E-state index in [2.05, 4.69) is 61.5 Å². The average molecular weight is 401 g/mol. The maximum atomic E-state index is 14.5. The summed E-state index contributed by atoms with van der Waals surface area (Å²) in [7, 11) is 0. The monoisotopic (exact) mass is 400 g/mol. The highest BCUT2D eigenvalue weighted by Gasteiger charge is 2.20. The Morgan fingerprint density at radius 2 is 1.57 bits per heavy atom. The number of allylic oxidation sites excluding steroid dienone is 2. The molecule has 0 unspecified atom stereocenters. The van der Waals surface area contributed by atoms with Crippen LogP contribution >= 0.6 is 0 Å². The third kappa shape index (κ3) is 4.67. The van der Waals surface area contributed by atoms with Crippen molar-refractivity contribution in [2.45, 2.75) is 64.7 Å². The van der Waals surface area contributed by atoms with Crippen LogP contribution in [-0.2, 0) is 19.3 Å². The van der Waals surface area contributed by atoms with E-state index < -0.39 is 0 Å². The summed E-state index contributed by atoms with van der Waals surface area (Å²) >= 11 is 0. The van der Waals surface area contributed by atoms with Gasteiger partial charge in [-0.1, -0.05) is 73.7 Å². The number of hydrogen-bond donors (Lipinski definition) is 0. The van der Waals surface area contributed by atoms with Crippen LogP contribution in [0.1, 0.15) is 67.7 Å². The molecule has 1 aliphatic rings. The van der Waals surface area contributed by atoms with Gasteiger partial charge in [-0.3, -0.25) is 0 Å². The second-order valence-corrected chi connectivity index (χ2v) is 8.83. The Kier molecular flexibility index (Phi) is 6.67. The topological polar surface area (TPSA) is 0 Å². The molecule has 0 amide bonds. The van der Waals surface area contributed by atoms with Gasteiger partial charge in [0.25, 0.3) is 0 Å². The van der Waals surface area contributed by atoms with E-state index in [-0.39, 0.29) is 5.82 Å². The van der Waals surface area contributed by atoms with E-state index in [1.165, 1.54) is 42.4 Å². The molecular weight excluding hydrogens is 367 g/mol. The zero-order valence-corrected chi connectivity index (χ0v) is 18.3. The van der Waals surface area contributed by atoms with Crippen molar-refractivity contribution in [2.24, 2.45) is 5.92 Å². The van der Waals surface area contributed by atoms with Crippen LogP contribution in [0, 0.1) is 11.7 Å². The van der Waals surface area contributed by atoms with Crippen LogP contribution < -0.4 is 0 Å². The molecule has 0 radical (unpaired) electrons. The highest BCUT2D eigenvalue weighted by Crippen LogP contribution is 2.36.